The minimum Gasteiger partial charge on any atom is -0.497 e. The molecule has 0 radical (unpaired) electrons. The van der Waals surface area contributed by atoms with E-state index in [1.54, 1.807) is 48.5 Å². The Hall–Kier alpha value is -3.75. The van der Waals surface area contributed by atoms with Gasteiger partial charge in [0.05, 0.1) is 19.2 Å². The van der Waals surface area contributed by atoms with Crippen molar-refractivity contribution in [2.24, 2.45) is 0 Å². The molecule has 9 heteroatoms. The molecule has 0 saturated heterocycles. The van der Waals surface area contributed by atoms with Crippen LogP contribution in [-0.2, 0) is 24.1 Å². The summed E-state index contributed by atoms with van der Waals surface area (Å²) in [6, 6.07) is 15.7. The Kier molecular flexibility index (Phi) is 9.98. The monoisotopic (exact) mass is 529 g/mol. The zero-order valence-corrected chi connectivity index (χ0v) is 22.0. The number of methoxy groups -OCH3 is 1. The van der Waals surface area contributed by atoms with Crippen LogP contribution in [0.4, 0.5) is 13.2 Å². The van der Waals surface area contributed by atoms with Crippen LogP contribution in [0.2, 0.25) is 0 Å². The summed E-state index contributed by atoms with van der Waals surface area (Å²) in [5, 5.41) is 0. The lowest BCUT2D eigenvalue weighted by Gasteiger charge is -2.27. The van der Waals surface area contributed by atoms with Gasteiger partial charge in [0.25, 0.3) is 5.91 Å². The van der Waals surface area contributed by atoms with E-state index < -0.39 is 11.7 Å². The van der Waals surface area contributed by atoms with E-state index in [4.69, 9.17) is 4.74 Å². The van der Waals surface area contributed by atoms with Crippen molar-refractivity contribution in [2.75, 3.05) is 26.7 Å². The number of aromatic nitrogens is 1. The van der Waals surface area contributed by atoms with Gasteiger partial charge in [-0.2, -0.15) is 13.2 Å². The average molecular weight is 530 g/mol. The molecule has 0 N–H and O–H groups in total. The molecule has 204 valence electrons. The van der Waals surface area contributed by atoms with Crippen molar-refractivity contribution in [3.05, 3.63) is 89.2 Å². The quantitative estimate of drug-likeness (QED) is 0.296. The van der Waals surface area contributed by atoms with Crippen LogP contribution < -0.4 is 4.74 Å². The number of rotatable bonds is 12. The lowest BCUT2D eigenvalue weighted by atomic mass is 10.1. The molecule has 2 aromatic carbocycles. The van der Waals surface area contributed by atoms with E-state index in [-0.39, 0.29) is 24.9 Å². The molecule has 38 heavy (non-hydrogen) atoms. The van der Waals surface area contributed by atoms with Gasteiger partial charge in [0, 0.05) is 37.1 Å². The summed E-state index contributed by atoms with van der Waals surface area (Å²) in [6.45, 7) is 5.20. The molecular formula is C29H34F3N3O3. The Morgan fingerprint density at radius 1 is 0.974 bits per heavy atom. The summed E-state index contributed by atoms with van der Waals surface area (Å²) in [5.74, 6) is 0.209. The number of carbonyl (C=O) groups is 2. The van der Waals surface area contributed by atoms with Gasteiger partial charge in [-0.25, -0.2) is 0 Å². The van der Waals surface area contributed by atoms with Crippen LogP contribution in [0.25, 0.3) is 0 Å². The first-order chi connectivity index (χ1) is 18.2. The molecule has 0 fully saturated rings. The molecule has 0 aliphatic rings. The lowest BCUT2D eigenvalue weighted by molar-refractivity contribution is -0.137. The second kappa shape index (κ2) is 13.2. The standard InChI is InChI=1S/C29H34F3N3O3/c1-4-6-16-35(27(36)21-33(5-2)28(37)23-12-14-26(38-3)15-13-23)20-25-11-8-17-34(25)19-22-9-7-10-24(18-22)29(30,31)32/h7-15,17-18H,4-6,16,19-21H2,1-3H3. The number of likely N-dealkylation sites (N-methyl/N-ethyl adjacent to an activating group) is 1. The number of hydrogen-bond acceptors (Lipinski definition) is 3. The minimum atomic E-state index is -4.41. The third-order valence-electron chi connectivity index (χ3n) is 6.35. The highest BCUT2D eigenvalue weighted by molar-refractivity contribution is 5.96. The van der Waals surface area contributed by atoms with Crippen LogP contribution in [0, 0.1) is 0 Å². The van der Waals surface area contributed by atoms with Gasteiger partial charge in [-0.1, -0.05) is 25.5 Å². The molecule has 0 unspecified atom stereocenters. The maximum atomic E-state index is 13.4. The van der Waals surface area contributed by atoms with Crippen molar-refractivity contribution in [2.45, 2.75) is 46.0 Å². The van der Waals surface area contributed by atoms with Crippen LogP contribution in [0.3, 0.4) is 0 Å². The first kappa shape index (κ1) is 28.8. The SMILES string of the molecule is CCCCN(Cc1cccn1Cc1cccc(C(F)(F)F)c1)C(=O)CN(CC)C(=O)c1ccc(OC)cc1. The van der Waals surface area contributed by atoms with Crippen molar-refractivity contribution >= 4 is 11.8 Å². The van der Waals surface area contributed by atoms with Crippen molar-refractivity contribution in [3.63, 3.8) is 0 Å². The summed E-state index contributed by atoms with van der Waals surface area (Å²) < 4.78 is 46.5. The fourth-order valence-electron chi connectivity index (χ4n) is 4.13. The fourth-order valence-corrected chi connectivity index (χ4v) is 4.13. The minimum absolute atomic E-state index is 0.0700. The highest BCUT2D eigenvalue weighted by Crippen LogP contribution is 2.29. The number of unbranched alkanes of at least 4 members (excludes halogenated alkanes) is 1. The zero-order chi connectivity index (χ0) is 27.7. The number of nitrogens with zero attached hydrogens (tertiary/aromatic N) is 3. The van der Waals surface area contributed by atoms with E-state index in [1.165, 1.54) is 11.0 Å². The molecule has 1 aromatic heterocycles. The molecule has 0 spiro atoms. The normalized spacial score (nSPS) is 11.3. The maximum absolute atomic E-state index is 13.4. The Morgan fingerprint density at radius 2 is 1.71 bits per heavy atom. The highest BCUT2D eigenvalue weighted by Gasteiger charge is 2.30. The average Bonchev–Trinajstić information content (AvgIpc) is 3.35. The second-order valence-corrected chi connectivity index (χ2v) is 9.04. The third-order valence-corrected chi connectivity index (χ3v) is 6.35. The molecule has 3 rings (SSSR count). The number of benzene rings is 2. The van der Waals surface area contributed by atoms with Crippen LogP contribution in [0.5, 0.6) is 5.75 Å². The molecule has 0 aliphatic carbocycles. The van der Waals surface area contributed by atoms with Crippen LogP contribution >= 0.6 is 0 Å². The molecule has 0 saturated carbocycles. The molecule has 0 atom stereocenters. The number of ether oxygens (including phenoxy) is 1. The maximum Gasteiger partial charge on any atom is 0.416 e. The van der Waals surface area contributed by atoms with E-state index in [1.807, 2.05) is 30.5 Å². The van der Waals surface area contributed by atoms with Crippen molar-refractivity contribution < 1.29 is 27.5 Å². The number of alkyl halides is 3. The van der Waals surface area contributed by atoms with Crippen molar-refractivity contribution in [1.82, 2.24) is 14.4 Å². The molecule has 2 amide bonds. The Balaban J connectivity index is 1.74. The van der Waals surface area contributed by atoms with E-state index in [0.29, 0.717) is 36.5 Å². The molecule has 0 bridgehead atoms. The molecule has 0 aliphatic heterocycles. The topological polar surface area (TPSA) is 54.8 Å². The van der Waals surface area contributed by atoms with Crippen LogP contribution in [0.15, 0.2) is 66.9 Å². The number of amides is 2. The predicted octanol–water partition coefficient (Wildman–Crippen LogP) is 5.85. The Labute approximate surface area is 221 Å². The van der Waals surface area contributed by atoms with Gasteiger partial charge in [-0.3, -0.25) is 9.59 Å². The molecule has 1 heterocycles. The largest absolute Gasteiger partial charge is 0.497 e. The van der Waals surface area contributed by atoms with Crippen LogP contribution in [0.1, 0.15) is 53.9 Å². The second-order valence-electron chi connectivity index (χ2n) is 9.04. The molecular weight excluding hydrogens is 495 g/mol. The summed E-state index contributed by atoms with van der Waals surface area (Å²) in [6.07, 6.45) is -0.938. The lowest BCUT2D eigenvalue weighted by Crippen LogP contribution is -2.43. The van der Waals surface area contributed by atoms with Crippen molar-refractivity contribution in [3.8, 4) is 5.75 Å². The zero-order valence-electron chi connectivity index (χ0n) is 22.0. The summed E-state index contributed by atoms with van der Waals surface area (Å²) in [7, 11) is 1.55. The van der Waals surface area contributed by atoms with Gasteiger partial charge < -0.3 is 19.1 Å². The smallest absolute Gasteiger partial charge is 0.416 e. The summed E-state index contributed by atoms with van der Waals surface area (Å²) >= 11 is 0. The number of hydrogen-bond donors (Lipinski definition) is 0. The van der Waals surface area contributed by atoms with E-state index in [0.717, 1.165) is 30.7 Å². The van der Waals surface area contributed by atoms with Gasteiger partial charge in [-0.15, -0.1) is 0 Å². The third kappa shape index (κ3) is 7.63. The Bertz CT molecular complexity index is 1210. The first-order valence-corrected chi connectivity index (χ1v) is 12.7. The fraction of sp³-hybridized carbons (Fsp3) is 0.379. The van der Waals surface area contributed by atoms with Gasteiger partial charge in [0.15, 0.2) is 0 Å². The summed E-state index contributed by atoms with van der Waals surface area (Å²) in [5.41, 5.74) is 1.10. The van der Waals surface area contributed by atoms with Gasteiger partial charge >= 0.3 is 6.18 Å². The Morgan fingerprint density at radius 3 is 2.34 bits per heavy atom. The molecule has 6 nitrogen and oxygen atoms in total. The van der Waals surface area contributed by atoms with E-state index in [9.17, 15) is 22.8 Å². The number of carbonyl (C=O) groups excluding carboxylic acids is 2. The highest BCUT2D eigenvalue weighted by atomic mass is 19.4. The summed E-state index contributed by atoms with van der Waals surface area (Å²) in [4.78, 5) is 29.7. The van der Waals surface area contributed by atoms with Gasteiger partial charge in [-0.05, 0) is 67.4 Å². The van der Waals surface area contributed by atoms with Gasteiger partial charge in [0.1, 0.15) is 12.3 Å². The first-order valence-electron chi connectivity index (χ1n) is 12.7. The predicted molar refractivity (Wildman–Crippen MR) is 140 cm³/mol. The number of halogens is 3. The van der Waals surface area contributed by atoms with Gasteiger partial charge in [0.2, 0.25) is 5.91 Å². The van der Waals surface area contributed by atoms with E-state index >= 15 is 0 Å². The van der Waals surface area contributed by atoms with E-state index in [2.05, 4.69) is 0 Å². The molecule has 3 aromatic rings. The van der Waals surface area contributed by atoms with Crippen LogP contribution in [-0.4, -0.2) is 52.9 Å². The van der Waals surface area contributed by atoms with Crippen molar-refractivity contribution in [1.29, 1.82) is 0 Å².